The first-order valence-electron chi connectivity index (χ1n) is 8.36. The quantitative estimate of drug-likeness (QED) is 0.730. The minimum Gasteiger partial charge on any atom is -0.455 e. The van der Waals surface area contributed by atoms with E-state index in [-0.39, 0.29) is 16.4 Å². The van der Waals surface area contributed by atoms with Crippen LogP contribution in [0.15, 0.2) is 29.2 Å². The largest absolute Gasteiger partial charge is 0.455 e. The third kappa shape index (κ3) is 5.54. The molecule has 0 saturated carbocycles. The maximum atomic E-state index is 12.2. The van der Waals surface area contributed by atoms with Gasteiger partial charge in [0.15, 0.2) is 6.61 Å². The molecule has 1 aliphatic rings. The summed E-state index contributed by atoms with van der Waals surface area (Å²) in [5, 5.41) is 8.97. The second-order valence-electron chi connectivity index (χ2n) is 5.89. The minimum atomic E-state index is -4.03. The van der Waals surface area contributed by atoms with Crippen molar-refractivity contribution < 1.29 is 22.7 Å². The van der Waals surface area contributed by atoms with Gasteiger partial charge in [-0.3, -0.25) is 9.59 Å². The molecule has 1 saturated heterocycles. The Morgan fingerprint density at radius 1 is 1.15 bits per heavy atom. The number of carbonyl (C=O) groups is 2. The Bertz CT molecular complexity index is 793. The number of esters is 1. The zero-order valence-corrected chi connectivity index (χ0v) is 15.1. The van der Waals surface area contributed by atoms with E-state index in [2.05, 4.69) is 4.72 Å². The van der Waals surface area contributed by atoms with Crippen LogP contribution in [0.5, 0.6) is 0 Å². The van der Waals surface area contributed by atoms with Crippen molar-refractivity contribution in [3.05, 3.63) is 29.8 Å². The van der Waals surface area contributed by atoms with E-state index in [4.69, 9.17) is 10.00 Å². The summed E-state index contributed by atoms with van der Waals surface area (Å²) in [5.41, 5.74) is -0.0234. The van der Waals surface area contributed by atoms with Crippen LogP contribution in [0.25, 0.3) is 0 Å². The van der Waals surface area contributed by atoms with Gasteiger partial charge in [-0.25, -0.2) is 8.42 Å². The molecular weight excluding hydrogens is 358 g/mol. The van der Waals surface area contributed by atoms with Gasteiger partial charge in [0.25, 0.3) is 5.91 Å². The molecular formula is C17H21N3O5S. The highest BCUT2D eigenvalue weighted by atomic mass is 32.2. The first-order valence-corrected chi connectivity index (χ1v) is 9.84. The van der Waals surface area contributed by atoms with Crippen LogP contribution >= 0.6 is 0 Å². The Labute approximate surface area is 152 Å². The Hall–Kier alpha value is -2.44. The van der Waals surface area contributed by atoms with Crippen molar-refractivity contribution in [2.24, 2.45) is 0 Å². The molecule has 9 heteroatoms. The lowest BCUT2D eigenvalue weighted by Gasteiger charge is -2.19. The second kappa shape index (κ2) is 9.31. The maximum Gasteiger partial charge on any atom is 0.321 e. The number of nitrogens with one attached hydrogen (secondary N) is 1. The van der Waals surface area contributed by atoms with Gasteiger partial charge in [-0.1, -0.05) is 25.0 Å². The molecule has 1 aromatic carbocycles. The number of benzene rings is 1. The van der Waals surface area contributed by atoms with Crippen LogP contribution in [0, 0.1) is 11.3 Å². The summed E-state index contributed by atoms with van der Waals surface area (Å²) in [4.78, 5) is 25.2. The lowest BCUT2D eigenvalue weighted by molar-refractivity contribution is -0.151. The zero-order valence-electron chi connectivity index (χ0n) is 14.3. The normalized spacial score (nSPS) is 15.0. The summed E-state index contributed by atoms with van der Waals surface area (Å²) < 4.78 is 31.3. The minimum absolute atomic E-state index is 0.0234. The standard InChI is InChI=1S/C17H21N3O5S/c18-11-14-7-3-4-8-15(14)26(23,24)19-12-17(22)25-13-16(21)20-9-5-1-2-6-10-20/h3-4,7-8,19H,1-2,5-6,9-10,12-13H2. The Balaban J connectivity index is 1.84. The van der Waals surface area contributed by atoms with Crippen LogP contribution in [0.1, 0.15) is 31.2 Å². The zero-order chi connectivity index (χ0) is 19.0. The highest BCUT2D eigenvalue weighted by Crippen LogP contribution is 2.14. The van der Waals surface area contributed by atoms with Gasteiger partial charge in [0, 0.05) is 13.1 Å². The van der Waals surface area contributed by atoms with Gasteiger partial charge in [0.05, 0.1) is 10.5 Å². The molecule has 1 heterocycles. The van der Waals surface area contributed by atoms with E-state index in [0.717, 1.165) is 25.7 Å². The monoisotopic (exact) mass is 379 g/mol. The average molecular weight is 379 g/mol. The molecule has 0 aromatic heterocycles. The van der Waals surface area contributed by atoms with Crippen LogP contribution < -0.4 is 4.72 Å². The van der Waals surface area contributed by atoms with E-state index >= 15 is 0 Å². The highest BCUT2D eigenvalue weighted by Gasteiger charge is 2.21. The van der Waals surface area contributed by atoms with E-state index in [1.165, 1.54) is 18.2 Å². The first kappa shape index (κ1) is 19.9. The van der Waals surface area contributed by atoms with Gasteiger partial charge in [-0.05, 0) is 25.0 Å². The number of hydrogen-bond acceptors (Lipinski definition) is 6. The molecule has 2 rings (SSSR count). The molecule has 0 aliphatic carbocycles. The fourth-order valence-corrected chi connectivity index (χ4v) is 3.75. The van der Waals surface area contributed by atoms with Crippen molar-refractivity contribution >= 4 is 21.9 Å². The van der Waals surface area contributed by atoms with Gasteiger partial charge >= 0.3 is 5.97 Å². The number of nitrogens with zero attached hydrogens (tertiary/aromatic N) is 2. The van der Waals surface area contributed by atoms with Crippen molar-refractivity contribution in [2.75, 3.05) is 26.2 Å². The summed E-state index contributed by atoms with van der Waals surface area (Å²) in [6.45, 7) is 0.270. The highest BCUT2D eigenvalue weighted by molar-refractivity contribution is 7.89. The molecule has 1 aliphatic heterocycles. The third-order valence-corrected chi connectivity index (χ3v) is 5.48. The van der Waals surface area contributed by atoms with Crippen molar-refractivity contribution in [1.29, 1.82) is 5.26 Å². The topological polar surface area (TPSA) is 117 Å². The van der Waals surface area contributed by atoms with Crippen LogP contribution in [-0.4, -0.2) is 51.4 Å². The number of nitriles is 1. The number of ether oxygens (including phenoxy) is 1. The number of rotatable bonds is 6. The molecule has 140 valence electrons. The summed E-state index contributed by atoms with van der Waals surface area (Å²) in [5.74, 6) is -1.14. The Morgan fingerprint density at radius 2 is 1.81 bits per heavy atom. The maximum absolute atomic E-state index is 12.2. The van der Waals surface area contributed by atoms with Crippen LogP contribution in [0.2, 0.25) is 0 Å². The fourth-order valence-electron chi connectivity index (χ4n) is 2.63. The van der Waals surface area contributed by atoms with E-state index in [1.807, 2.05) is 0 Å². The van der Waals surface area contributed by atoms with E-state index < -0.39 is 29.1 Å². The first-order chi connectivity index (χ1) is 12.4. The molecule has 0 radical (unpaired) electrons. The predicted octanol–water partition coefficient (Wildman–Crippen LogP) is 0.782. The van der Waals surface area contributed by atoms with E-state index in [0.29, 0.717) is 13.1 Å². The predicted molar refractivity (Wildman–Crippen MR) is 92.4 cm³/mol. The molecule has 0 atom stereocenters. The summed E-state index contributed by atoms with van der Waals surface area (Å²) in [6, 6.07) is 7.45. The molecule has 1 fully saturated rings. The van der Waals surface area contributed by atoms with Crippen molar-refractivity contribution in [1.82, 2.24) is 9.62 Å². The van der Waals surface area contributed by atoms with Crippen molar-refractivity contribution in [3.63, 3.8) is 0 Å². The Kier molecular flexibility index (Phi) is 7.12. The van der Waals surface area contributed by atoms with Gasteiger partial charge in [0.2, 0.25) is 10.0 Å². The number of amides is 1. The summed E-state index contributed by atoms with van der Waals surface area (Å²) in [7, 11) is -4.03. The van der Waals surface area contributed by atoms with Crippen LogP contribution in [0.3, 0.4) is 0 Å². The molecule has 8 nitrogen and oxygen atoms in total. The van der Waals surface area contributed by atoms with Crippen molar-refractivity contribution in [2.45, 2.75) is 30.6 Å². The molecule has 1 amide bonds. The van der Waals surface area contributed by atoms with Crippen LogP contribution in [-0.2, 0) is 24.3 Å². The SMILES string of the molecule is N#Cc1ccccc1S(=O)(=O)NCC(=O)OCC(=O)N1CCCCCC1. The van der Waals surface area contributed by atoms with Crippen LogP contribution in [0.4, 0.5) is 0 Å². The van der Waals surface area contributed by atoms with Gasteiger partial charge < -0.3 is 9.64 Å². The number of hydrogen-bond donors (Lipinski definition) is 1. The van der Waals surface area contributed by atoms with Gasteiger partial charge in [0.1, 0.15) is 12.6 Å². The smallest absolute Gasteiger partial charge is 0.321 e. The number of carbonyl (C=O) groups excluding carboxylic acids is 2. The number of likely N-dealkylation sites (tertiary alicyclic amines) is 1. The molecule has 0 unspecified atom stereocenters. The molecule has 0 bridgehead atoms. The van der Waals surface area contributed by atoms with Crippen molar-refractivity contribution in [3.8, 4) is 6.07 Å². The molecule has 1 aromatic rings. The van der Waals surface area contributed by atoms with E-state index in [1.54, 1.807) is 17.0 Å². The lowest BCUT2D eigenvalue weighted by Crippen LogP contribution is -2.37. The van der Waals surface area contributed by atoms with Gasteiger partial charge in [-0.2, -0.15) is 9.98 Å². The van der Waals surface area contributed by atoms with E-state index in [9.17, 15) is 18.0 Å². The summed E-state index contributed by atoms with van der Waals surface area (Å²) in [6.07, 6.45) is 4.01. The Morgan fingerprint density at radius 3 is 2.46 bits per heavy atom. The molecule has 1 N–H and O–H groups in total. The molecule has 26 heavy (non-hydrogen) atoms. The average Bonchev–Trinajstić information content (AvgIpc) is 2.94. The number of sulfonamides is 1. The fraction of sp³-hybridized carbons (Fsp3) is 0.471. The van der Waals surface area contributed by atoms with Gasteiger partial charge in [-0.15, -0.1) is 0 Å². The molecule has 0 spiro atoms. The lowest BCUT2D eigenvalue weighted by atomic mass is 10.2. The third-order valence-electron chi connectivity index (χ3n) is 4.02. The second-order valence-corrected chi connectivity index (χ2v) is 7.62. The summed E-state index contributed by atoms with van der Waals surface area (Å²) >= 11 is 0.